The van der Waals surface area contributed by atoms with E-state index in [0.29, 0.717) is 17.7 Å². The summed E-state index contributed by atoms with van der Waals surface area (Å²) < 4.78 is 0. The second kappa shape index (κ2) is 6.57. The van der Waals surface area contributed by atoms with E-state index in [9.17, 15) is 4.79 Å². The standard InChI is InChI=1S/C10H18ClNOS/c1-14-8-10(13)12-7-3-2-4-9(12)5-6-11/h9H,2-8H2,1H3. The normalized spacial score (nSPS) is 22.4. The van der Waals surface area contributed by atoms with E-state index < -0.39 is 0 Å². The number of piperidine rings is 1. The summed E-state index contributed by atoms with van der Waals surface area (Å²) in [5.74, 6) is 1.55. The number of rotatable bonds is 4. The molecule has 0 aliphatic carbocycles. The molecule has 1 rings (SSSR count). The van der Waals surface area contributed by atoms with Crippen molar-refractivity contribution in [3.8, 4) is 0 Å². The Bertz CT molecular complexity index is 187. The second-order valence-electron chi connectivity index (χ2n) is 3.65. The fourth-order valence-corrected chi connectivity index (χ4v) is 2.63. The summed E-state index contributed by atoms with van der Waals surface area (Å²) in [6, 6.07) is 0.404. The lowest BCUT2D eigenvalue weighted by molar-refractivity contribution is -0.131. The van der Waals surface area contributed by atoms with Crippen molar-refractivity contribution in [2.45, 2.75) is 31.7 Å². The van der Waals surface area contributed by atoms with Crippen molar-refractivity contribution in [2.24, 2.45) is 0 Å². The number of halogens is 1. The number of likely N-dealkylation sites (tertiary alicyclic amines) is 1. The summed E-state index contributed by atoms with van der Waals surface area (Å²) in [4.78, 5) is 13.8. The van der Waals surface area contributed by atoms with Crippen LogP contribution >= 0.6 is 23.4 Å². The zero-order chi connectivity index (χ0) is 10.4. The Morgan fingerprint density at radius 2 is 2.36 bits per heavy atom. The summed E-state index contributed by atoms with van der Waals surface area (Å²) in [7, 11) is 0. The van der Waals surface area contributed by atoms with Crippen LogP contribution in [-0.2, 0) is 4.79 Å². The van der Waals surface area contributed by atoms with Crippen molar-refractivity contribution >= 4 is 29.3 Å². The molecular weight excluding hydrogens is 218 g/mol. The molecule has 0 spiro atoms. The molecule has 0 N–H and O–H groups in total. The van der Waals surface area contributed by atoms with E-state index >= 15 is 0 Å². The van der Waals surface area contributed by atoms with Crippen molar-refractivity contribution < 1.29 is 4.79 Å². The van der Waals surface area contributed by atoms with Gasteiger partial charge >= 0.3 is 0 Å². The minimum Gasteiger partial charge on any atom is -0.339 e. The van der Waals surface area contributed by atoms with Crippen molar-refractivity contribution in [3.63, 3.8) is 0 Å². The fraction of sp³-hybridized carbons (Fsp3) is 0.900. The number of nitrogens with zero attached hydrogens (tertiary/aromatic N) is 1. The summed E-state index contributed by atoms with van der Waals surface area (Å²) in [6.45, 7) is 0.931. The first-order valence-corrected chi connectivity index (χ1v) is 7.06. The van der Waals surface area contributed by atoms with E-state index in [0.717, 1.165) is 25.8 Å². The van der Waals surface area contributed by atoms with Crippen LogP contribution in [0.15, 0.2) is 0 Å². The summed E-state index contributed by atoms with van der Waals surface area (Å²) >= 11 is 7.34. The average molecular weight is 236 g/mol. The number of amides is 1. The maximum absolute atomic E-state index is 11.7. The SMILES string of the molecule is CSCC(=O)N1CCCCC1CCCl. The second-order valence-corrected chi connectivity index (χ2v) is 4.89. The Kier molecular flexibility index (Phi) is 5.71. The molecule has 0 aromatic carbocycles. The monoisotopic (exact) mass is 235 g/mol. The lowest BCUT2D eigenvalue weighted by Gasteiger charge is -2.35. The molecule has 0 radical (unpaired) electrons. The van der Waals surface area contributed by atoms with Crippen LogP contribution in [0.3, 0.4) is 0 Å². The third-order valence-corrected chi connectivity index (χ3v) is 3.41. The van der Waals surface area contributed by atoms with Gasteiger partial charge in [-0.2, -0.15) is 11.8 Å². The highest BCUT2D eigenvalue weighted by atomic mass is 35.5. The molecule has 1 atom stereocenters. The average Bonchev–Trinajstić information content (AvgIpc) is 2.19. The van der Waals surface area contributed by atoms with Gasteiger partial charge in [0.25, 0.3) is 0 Å². The van der Waals surface area contributed by atoms with E-state index in [-0.39, 0.29) is 5.91 Å². The van der Waals surface area contributed by atoms with E-state index in [1.165, 1.54) is 6.42 Å². The van der Waals surface area contributed by atoms with Gasteiger partial charge in [0.15, 0.2) is 0 Å². The third kappa shape index (κ3) is 3.35. The van der Waals surface area contributed by atoms with Gasteiger partial charge in [0.1, 0.15) is 0 Å². The molecule has 1 amide bonds. The Labute approximate surface area is 95.4 Å². The van der Waals surface area contributed by atoms with Gasteiger partial charge in [-0.25, -0.2) is 0 Å². The molecule has 0 aromatic heterocycles. The summed E-state index contributed by atoms with van der Waals surface area (Å²) in [5, 5.41) is 0. The van der Waals surface area contributed by atoms with Crippen molar-refractivity contribution in [3.05, 3.63) is 0 Å². The minimum absolute atomic E-state index is 0.285. The molecule has 1 aliphatic rings. The Hall–Kier alpha value is 0.110. The van der Waals surface area contributed by atoms with Crippen LogP contribution in [0.4, 0.5) is 0 Å². The predicted molar refractivity (Wildman–Crippen MR) is 63.1 cm³/mol. The van der Waals surface area contributed by atoms with Crippen molar-refractivity contribution in [2.75, 3.05) is 24.4 Å². The van der Waals surface area contributed by atoms with E-state index in [2.05, 4.69) is 0 Å². The molecule has 14 heavy (non-hydrogen) atoms. The number of alkyl halides is 1. The van der Waals surface area contributed by atoms with Gasteiger partial charge in [-0.05, 0) is 31.9 Å². The fourth-order valence-electron chi connectivity index (χ4n) is 1.96. The van der Waals surface area contributed by atoms with Gasteiger partial charge in [-0.15, -0.1) is 11.6 Å². The molecule has 0 aromatic rings. The van der Waals surface area contributed by atoms with Crippen LogP contribution in [0.2, 0.25) is 0 Å². The first-order valence-electron chi connectivity index (χ1n) is 5.14. The van der Waals surface area contributed by atoms with Crippen LogP contribution in [-0.4, -0.2) is 41.3 Å². The largest absolute Gasteiger partial charge is 0.339 e. The molecule has 1 fully saturated rings. The smallest absolute Gasteiger partial charge is 0.232 e. The van der Waals surface area contributed by atoms with Gasteiger partial charge < -0.3 is 4.90 Å². The van der Waals surface area contributed by atoms with Crippen LogP contribution < -0.4 is 0 Å². The van der Waals surface area contributed by atoms with Crippen LogP contribution in [0.1, 0.15) is 25.7 Å². The first kappa shape index (κ1) is 12.2. The van der Waals surface area contributed by atoms with Crippen LogP contribution in [0.25, 0.3) is 0 Å². The number of hydrogen-bond acceptors (Lipinski definition) is 2. The molecule has 82 valence electrons. The lowest BCUT2D eigenvalue weighted by Crippen LogP contribution is -2.44. The van der Waals surface area contributed by atoms with E-state index in [4.69, 9.17) is 11.6 Å². The van der Waals surface area contributed by atoms with Crippen LogP contribution in [0, 0.1) is 0 Å². The quantitative estimate of drug-likeness (QED) is 0.698. The Balaban J connectivity index is 2.48. The number of thioether (sulfide) groups is 1. The maximum Gasteiger partial charge on any atom is 0.232 e. The highest BCUT2D eigenvalue weighted by Gasteiger charge is 2.25. The topological polar surface area (TPSA) is 20.3 Å². The third-order valence-electron chi connectivity index (χ3n) is 2.66. The maximum atomic E-state index is 11.7. The molecule has 4 heteroatoms. The van der Waals surface area contributed by atoms with Gasteiger partial charge in [0.2, 0.25) is 5.91 Å². The zero-order valence-corrected chi connectivity index (χ0v) is 10.2. The molecule has 0 saturated carbocycles. The molecule has 1 unspecified atom stereocenters. The molecule has 1 aliphatic heterocycles. The van der Waals surface area contributed by atoms with Crippen molar-refractivity contribution in [1.82, 2.24) is 4.90 Å². The number of carbonyl (C=O) groups is 1. The lowest BCUT2D eigenvalue weighted by atomic mass is 10.00. The predicted octanol–water partition coefficient (Wildman–Crippen LogP) is 2.36. The summed E-state index contributed by atoms with van der Waals surface area (Å²) in [6.07, 6.45) is 6.44. The number of hydrogen-bond donors (Lipinski definition) is 0. The van der Waals surface area contributed by atoms with Crippen molar-refractivity contribution in [1.29, 1.82) is 0 Å². The number of carbonyl (C=O) groups excluding carboxylic acids is 1. The molecule has 0 bridgehead atoms. The molecule has 1 heterocycles. The molecular formula is C10H18ClNOS. The zero-order valence-electron chi connectivity index (χ0n) is 8.67. The Morgan fingerprint density at radius 1 is 1.57 bits per heavy atom. The Morgan fingerprint density at radius 3 is 3.00 bits per heavy atom. The first-order chi connectivity index (χ1) is 6.79. The van der Waals surface area contributed by atoms with E-state index in [1.807, 2.05) is 11.2 Å². The van der Waals surface area contributed by atoms with Gasteiger partial charge in [0.05, 0.1) is 5.75 Å². The minimum atomic E-state index is 0.285. The molecule has 2 nitrogen and oxygen atoms in total. The van der Waals surface area contributed by atoms with Crippen LogP contribution in [0.5, 0.6) is 0 Å². The molecule has 1 saturated heterocycles. The summed E-state index contributed by atoms with van der Waals surface area (Å²) in [5.41, 5.74) is 0. The van der Waals surface area contributed by atoms with Gasteiger partial charge in [-0.1, -0.05) is 0 Å². The van der Waals surface area contributed by atoms with Gasteiger partial charge in [-0.3, -0.25) is 4.79 Å². The van der Waals surface area contributed by atoms with Gasteiger partial charge in [0, 0.05) is 18.5 Å². The van der Waals surface area contributed by atoms with E-state index in [1.54, 1.807) is 11.8 Å². The highest BCUT2D eigenvalue weighted by molar-refractivity contribution is 7.99. The highest BCUT2D eigenvalue weighted by Crippen LogP contribution is 2.20.